The number of phenols is 1. The number of nitrogens with two attached hydrogens (primary N) is 1. The highest BCUT2D eigenvalue weighted by Crippen LogP contribution is 2.12. The van der Waals surface area contributed by atoms with Gasteiger partial charge < -0.3 is 42.0 Å². The second-order valence-corrected chi connectivity index (χ2v) is 7.65. The molecule has 0 aliphatic carbocycles. The number of imidazole rings is 1. The number of hydrogen-bond donors (Lipinski definition) is 8. The fraction of sp³-hybridized carbons (Fsp3) is 0.381. The van der Waals surface area contributed by atoms with Gasteiger partial charge in [-0.15, -0.1) is 0 Å². The van der Waals surface area contributed by atoms with Crippen LogP contribution >= 0.6 is 0 Å². The van der Waals surface area contributed by atoms with Crippen molar-refractivity contribution in [2.45, 2.75) is 44.0 Å². The van der Waals surface area contributed by atoms with E-state index in [0.717, 1.165) is 0 Å². The number of hydrogen-bond acceptors (Lipinski definition) is 8. The molecule has 0 saturated heterocycles. The van der Waals surface area contributed by atoms with Gasteiger partial charge in [0.2, 0.25) is 17.7 Å². The first-order valence-corrected chi connectivity index (χ1v) is 10.4. The predicted octanol–water partition coefficient (Wildman–Crippen LogP) is -2.22. The van der Waals surface area contributed by atoms with Crippen molar-refractivity contribution in [2.24, 2.45) is 5.73 Å². The number of phenolic OH excluding ortho intramolecular Hbond substituents is 1. The molecule has 3 amide bonds. The van der Waals surface area contributed by atoms with Crippen LogP contribution in [0.15, 0.2) is 36.8 Å². The number of rotatable bonds is 12. The van der Waals surface area contributed by atoms with Gasteiger partial charge in [0.25, 0.3) is 0 Å². The standard InChI is InChI=1S/C21H28N6O7/c1-11(28)18(22)21(34)27-16(7-13-8-23-10-25-13)20(33)26-15(19(32)24-9-17(30)31)6-12-2-4-14(29)5-3-12/h2-5,8,10-11,15-16,18,28-29H,6-7,9,22H2,1H3,(H,23,25)(H,24,32)(H,26,33)(H,27,34)(H,30,31). The van der Waals surface area contributed by atoms with Crippen LogP contribution in [-0.4, -0.2) is 79.8 Å². The van der Waals surface area contributed by atoms with Crippen molar-refractivity contribution < 1.29 is 34.5 Å². The van der Waals surface area contributed by atoms with Crippen molar-refractivity contribution in [3.05, 3.63) is 48.0 Å². The highest BCUT2D eigenvalue weighted by molar-refractivity contribution is 5.94. The van der Waals surface area contributed by atoms with Crippen molar-refractivity contribution >= 4 is 23.7 Å². The highest BCUT2D eigenvalue weighted by atomic mass is 16.4. The molecule has 0 bridgehead atoms. The van der Waals surface area contributed by atoms with Crippen LogP contribution in [0.1, 0.15) is 18.2 Å². The lowest BCUT2D eigenvalue weighted by atomic mass is 10.0. The van der Waals surface area contributed by atoms with Crippen LogP contribution in [0.4, 0.5) is 0 Å². The van der Waals surface area contributed by atoms with E-state index in [0.29, 0.717) is 11.3 Å². The number of carboxylic acids is 1. The van der Waals surface area contributed by atoms with Gasteiger partial charge in [0.05, 0.1) is 12.4 Å². The quantitative estimate of drug-likeness (QED) is 0.166. The lowest BCUT2D eigenvalue weighted by molar-refractivity contribution is -0.138. The second kappa shape index (κ2) is 12.3. The summed E-state index contributed by atoms with van der Waals surface area (Å²) in [7, 11) is 0. The van der Waals surface area contributed by atoms with E-state index in [1.165, 1.54) is 31.6 Å². The molecule has 4 unspecified atom stereocenters. The predicted molar refractivity (Wildman–Crippen MR) is 118 cm³/mol. The number of carboxylic acid groups (broad SMARTS) is 1. The zero-order valence-corrected chi connectivity index (χ0v) is 18.4. The number of aromatic nitrogens is 2. The van der Waals surface area contributed by atoms with Crippen molar-refractivity contribution in [1.82, 2.24) is 25.9 Å². The summed E-state index contributed by atoms with van der Waals surface area (Å²) in [5.41, 5.74) is 6.75. The molecule has 4 atom stereocenters. The first-order valence-electron chi connectivity index (χ1n) is 10.4. The summed E-state index contributed by atoms with van der Waals surface area (Å²) in [4.78, 5) is 55.6. The minimum atomic E-state index is -1.29. The molecule has 1 heterocycles. The molecule has 34 heavy (non-hydrogen) atoms. The van der Waals surface area contributed by atoms with Crippen LogP contribution in [0, 0.1) is 0 Å². The van der Waals surface area contributed by atoms with Gasteiger partial charge >= 0.3 is 5.97 Å². The number of carbonyl (C=O) groups excluding carboxylic acids is 3. The van der Waals surface area contributed by atoms with Crippen molar-refractivity contribution in [1.29, 1.82) is 0 Å². The number of nitrogens with one attached hydrogen (secondary N) is 4. The first-order chi connectivity index (χ1) is 16.1. The smallest absolute Gasteiger partial charge is 0.322 e. The molecule has 13 heteroatoms. The van der Waals surface area contributed by atoms with E-state index in [4.69, 9.17) is 10.8 Å². The molecular formula is C21H28N6O7. The van der Waals surface area contributed by atoms with Crippen LogP contribution in [0.3, 0.4) is 0 Å². The average molecular weight is 476 g/mol. The molecule has 1 aromatic carbocycles. The number of nitrogens with zero attached hydrogens (tertiary/aromatic N) is 1. The Bertz CT molecular complexity index is 978. The Morgan fingerprint density at radius 1 is 1.03 bits per heavy atom. The number of H-pyrrole nitrogens is 1. The molecule has 1 aromatic heterocycles. The van der Waals surface area contributed by atoms with Gasteiger partial charge in [-0.3, -0.25) is 19.2 Å². The summed E-state index contributed by atoms with van der Waals surface area (Å²) in [6, 6.07) is 2.23. The fourth-order valence-electron chi connectivity index (χ4n) is 2.95. The van der Waals surface area contributed by atoms with Gasteiger partial charge in [-0.25, -0.2) is 4.98 Å². The lowest BCUT2D eigenvalue weighted by Gasteiger charge is -2.24. The normalized spacial score (nSPS) is 14.3. The van der Waals surface area contributed by atoms with Crippen molar-refractivity contribution in [3.8, 4) is 5.75 Å². The summed E-state index contributed by atoms with van der Waals surface area (Å²) < 4.78 is 0. The topological polar surface area (TPSA) is 220 Å². The Morgan fingerprint density at radius 3 is 2.21 bits per heavy atom. The molecular weight excluding hydrogens is 448 g/mol. The van der Waals surface area contributed by atoms with Crippen molar-refractivity contribution in [3.63, 3.8) is 0 Å². The van der Waals surface area contributed by atoms with E-state index in [9.17, 15) is 29.4 Å². The fourth-order valence-corrected chi connectivity index (χ4v) is 2.95. The molecule has 13 nitrogen and oxygen atoms in total. The molecule has 2 rings (SSSR count). The molecule has 2 aromatic rings. The highest BCUT2D eigenvalue weighted by Gasteiger charge is 2.30. The molecule has 184 valence electrons. The number of aliphatic hydroxyl groups excluding tert-OH is 1. The van der Waals surface area contributed by atoms with Gasteiger partial charge in [0.1, 0.15) is 30.4 Å². The number of aromatic hydroxyl groups is 1. The third-order valence-corrected chi connectivity index (χ3v) is 4.86. The Morgan fingerprint density at radius 2 is 1.65 bits per heavy atom. The minimum absolute atomic E-state index is 0.0106. The number of aliphatic carboxylic acids is 1. The Kier molecular flexibility index (Phi) is 9.52. The van der Waals surface area contributed by atoms with E-state index in [1.807, 2.05) is 0 Å². The molecule has 0 radical (unpaired) electrons. The summed E-state index contributed by atoms with van der Waals surface area (Å²) in [5, 5.41) is 35.1. The second-order valence-electron chi connectivity index (χ2n) is 7.65. The number of carbonyl (C=O) groups is 4. The van der Waals surface area contributed by atoms with E-state index in [-0.39, 0.29) is 18.6 Å². The zero-order valence-electron chi connectivity index (χ0n) is 18.4. The van der Waals surface area contributed by atoms with Crippen LogP contribution in [0.25, 0.3) is 0 Å². The average Bonchev–Trinajstić information content (AvgIpc) is 3.30. The van der Waals surface area contributed by atoms with E-state index in [1.54, 1.807) is 12.1 Å². The molecule has 0 saturated carbocycles. The van der Waals surface area contributed by atoms with E-state index < -0.39 is 54.5 Å². The zero-order chi connectivity index (χ0) is 25.3. The van der Waals surface area contributed by atoms with E-state index >= 15 is 0 Å². The Hall–Kier alpha value is -3.97. The summed E-state index contributed by atoms with van der Waals surface area (Å²) >= 11 is 0. The molecule has 0 fully saturated rings. The van der Waals surface area contributed by atoms with Gasteiger partial charge in [-0.2, -0.15) is 0 Å². The molecule has 0 spiro atoms. The van der Waals surface area contributed by atoms with E-state index in [2.05, 4.69) is 25.9 Å². The monoisotopic (exact) mass is 476 g/mol. The molecule has 0 aliphatic heterocycles. The maximum absolute atomic E-state index is 13.1. The van der Waals surface area contributed by atoms with Crippen LogP contribution in [0.2, 0.25) is 0 Å². The number of aliphatic hydroxyl groups is 1. The van der Waals surface area contributed by atoms with Gasteiger partial charge in [0, 0.05) is 24.7 Å². The Labute approximate surface area is 194 Å². The summed E-state index contributed by atoms with van der Waals surface area (Å²) in [6.07, 6.45) is 1.64. The third-order valence-electron chi connectivity index (χ3n) is 4.86. The summed E-state index contributed by atoms with van der Waals surface area (Å²) in [5.74, 6) is -3.53. The molecule has 9 N–H and O–H groups in total. The van der Waals surface area contributed by atoms with Crippen molar-refractivity contribution in [2.75, 3.05) is 6.54 Å². The van der Waals surface area contributed by atoms with Gasteiger partial charge in [0.15, 0.2) is 0 Å². The van der Waals surface area contributed by atoms with Gasteiger partial charge in [-0.05, 0) is 24.6 Å². The summed E-state index contributed by atoms with van der Waals surface area (Å²) in [6.45, 7) is 0.674. The van der Waals surface area contributed by atoms with Crippen LogP contribution in [-0.2, 0) is 32.0 Å². The Balaban J connectivity index is 2.22. The van der Waals surface area contributed by atoms with Crippen LogP contribution in [0.5, 0.6) is 5.75 Å². The maximum Gasteiger partial charge on any atom is 0.322 e. The largest absolute Gasteiger partial charge is 0.508 e. The maximum atomic E-state index is 13.1. The third kappa shape index (κ3) is 8.18. The lowest BCUT2D eigenvalue weighted by Crippen LogP contribution is -2.58. The number of amides is 3. The SMILES string of the molecule is CC(O)C(N)C(=O)NC(Cc1cnc[nH]1)C(=O)NC(Cc1ccc(O)cc1)C(=O)NCC(=O)O. The first kappa shape index (κ1) is 26.3. The van der Waals surface area contributed by atoms with Crippen LogP contribution < -0.4 is 21.7 Å². The number of aromatic amines is 1. The van der Waals surface area contributed by atoms with Gasteiger partial charge in [-0.1, -0.05) is 12.1 Å². The minimum Gasteiger partial charge on any atom is -0.508 e. The molecule has 0 aliphatic rings. The number of benzene rings is 1.